The molecule has 1 aromatic carbocycles. The van der Waals surface area contributed by atoms with Crippen molar-refractivity contribution in [1.82, 2.24) is 0 Å². The predicted octanol–water partition coefficient (Wildman–Crippen LogP) is 3.78. The normalized spacial score (nSPS) is 12.3. The number of hydrogen-bond acceptors (Lipinski definition) is 2. The maximum absolute atomic E-state index is 8.82. The molecule has 0 aliphatic carbocycles. The summed E-state index contributed by atoms with van der Waals surface area (Å²) < 4.78 is 5.28. The Morgan fingerprint density at radius 1 is 1.40 bits per heavy atom. The zero-order valence-corrected chi connectivity index (χ0v) is 10.7. The fourth-order valence-electron chi connectivity index (χ4n) is 1.44. The number of alkyl halides is 1. The number of nitriles is 1. The molecule has 0 saturated carbocycles. The van der Waals surface area contributed by atoms with Crippen molar-refractivity contribution in [2.45, 2.75) is 24.6 Å². The smallest absolute Gasteiger partial charge is 0.126 e. The van der Waals surface area contributed by atoms with Gasteiger partial charge in [-0.25, -0.2) is 0 Å². The molecule has 0 spiro atoms. The lowest BCUT2D eigenvalue weighted by Gasteiger charge is -2.13. The van der Waals surface area contributed by atoms with Crippen molar-refractivity contribution in [3.63, 3.8) is 0 Å². The molecule has 1 atom stereocenters. The van der Waals surface area contributed by atoms with Gasteiger partial charge in [0.25, 0.3) is 0 Å². The zero-order chi connectivity index (χ0) is 11.4. The molecule has 0 saturated heterocycles. The monoisotopic (exact) mass is 267 g/mol. The fraction of sp³-hybridized carbons (Fsp3) is 0.417. The first-order chi connectivity index (χ1) is 7.10. The van der Waals surface area contributed by atoms with Gasteiger partial charge in [0, 0.05) is 0 Å². The van der Waals surface area contributed by atoms with Crippen molar-refractivity contribution in [2.24, 2.45) is 0 Å². The second-order valence-electron chi connectivity index (χ2n) is 3.65. The summed E-state index contributed by atoms with van der Waals surface area (Å²) in [7, 11) is 1.66. The van der Waals surface area contributed by atoms with E-state index in [1.54, 1.807) is 7.11 Å². The summed E-state index contributed by atoms with van der Waals surface area (Å²) in [5, 5.41) is 8.82. The van der Waals surface area contributed by atoms with Gasteiger partial charge in [0.05, 0.1) is 13.2 Å². The lowest BCUT2D eigenvalue weighted by Crippen LogP contribution is -1.97. The van der Waals surface area contributed by atoms with E-state index in [0.717, 1.165) is 16.9 Å². The maximum atomic E-state index is 8.82. The topological polar surface area (TPSA) is 33.0 Å². The molecule has 0 bridgehead atoms. The Bertz CT molecular complexity index is 382. The largest absolute Gasteiger partial charge is 0.496 e. The Balaban J connectivity index is 3.17. The molecular formula is C12H14BrNO. The molecule has 80 valence electrons. The molecular weight excluding hydrogens is 254 g/mol. The average Bonchev–Trinajstić information content (AvgIpc) is 2.27. The van der Waals surface area contributed by atoms with Crippen LogP contribution in [0.3, 0.4) is 0 Å². The van der Waals surface area contributed by atoms with Gasteiger partial charge in [-0.05, 0) is 29.2 Å². The lowest BCUT2D eigenvalue weighted by atomic mass is 9.98. The van der Waals surface area contributed by atoms with Crippen molar-refractivity contribution in [1.29, 1.82) is 5.26 Å². The Morgan fingerprint density at radius 2 is 2.07 bits per heavy atom. The van der Waals surface area contributed by atoms with Crippen LogP contribution in [0.15, 0.2) is 18.2 Å². The minimum atomic E-state index is -0.249. The van der Waals surface area contributed by atoms with E-state index in [9.17, 15) is 0 Å². The van der Waals surface area contributed by atoms with Gasteiger partial charge in [0.15, 0.2) is 0 Å². The molecule has 0 radical (unpaired) electrons. The second-order valence-corrected chi connectivity index (χ2v) is 4.56. The Morgan fingerprint density at radius 3 is 2.53 bits per heavy atom. The van der Waals surface area contributed by atoms with Gasteiger partial charge in [0.1, 0.15) is 10.6 Å². The van der Waals surface area contributed by atoms with Gasteiger partial charge in [-0.3, -0.25) is 0 Å². The van der Waals surface area contributed by atoms with Gasteiger partial charge in [-0.15, -0.1) is 0 Å². The standard InChI is InChI=1S/C12H14BrNO/c1-8(2)10-6-9(11(13)7-14)4-5-12(10)15-3/h4-6,8,11H,1-3H3. The molecule has 3 heteroatoms. The van der Waals surface area contributed by atoms with E-state index in [2.05, 4.69) is 35.8 Å². The molecule has 0 N–H and O–H groups in total. The predicted molar refractivity (Wildman–Crippen MR) is 64.4 cm³/mol. The van der Waals surface area contributed by atoms with Crippen LogP contribution in [-0.2, 0) is 0 Å². The summed E-state index contributed by atoms with van der Waals surface area (Å²) in [6, 6.07) is 8.00. The van der Waals surface area contributed by atoms with Crippen LogP contribution in [0.5, 0.6) is 5.75 Å². The van der Waals surface area contributed by atoms with Crippen molar-refractivity contribution >= 4 is 15.9 Å². The summed E-state index contributed by atoms with van der Waals surface area (Å²) in [5.74, 6) is 1.27. The highest BCUT2D eigenvalue weighted by Crippen LogP contribution is 2.31. The van der Waals surface area contributed by atoms with E-state index in [-0.39, 0.29) is 4.83 Å². The van der Waals surface area contributed by atoms with E-state index in [0.29, 0.717) is 5.92 Å². The van der Waals surface area contributed by atoms with Crippen LogP contribution in [0.4, 0.5) is 0 Å². The minimum absolute atomic E-state index is 0.249. The number of ether oxygens (including phenoxy) is 1. The van der Waals surface area contributed by atoms with Crippen LogP contribution in [0.25, 0.3) is 0 Å². The third-order valence-electron chi connectivity index (χ3n) is 2.28. The zero-order valence-electron chi connectivity index (χ0n) is 9.12. The van der Waals surface area contributed by atoms with Gasteiger partial charge < -0.3 is 4.74 Å². The molecule has 0 aliphatic heterocycles. The van der Waals surface area contributed by atoms with E-state index >= 15 is 0 Å². The van der Waals surface area contributed by atoms with Crippen molar-refractivity contribution in [3.05, 3.63) is 29.3 Å². The fourth-order valence-corrected chi connectivity index (χ4v) is 1.72. The SMILES string of the molecule is COc1ccc(C(Br)C#N)cc1C(C)C. The number of nitrogens with zero attached hydrogens (tertiary/aromatic N) is 1. The number of rotatable bonds is 3. The quantitative estimate of drug-likeness (QED) is 0.781. The van der Waals surface area contributed by atoms with Crippen LogP contribution in [0, 0.1) is 11.3 Å². The summed E-state index contributed by atoms with van der Waals surface area (Å²) in [6.45, 7) is 4.22. The van der Waals surface area contributed by atoms with E-state index in [1.807, 2.05) is 18.2 Å². The highest BCUT2D eigenvalue weighted by atomic mass is 79.9. The van der Waals surface area contributed by atoms with Crippen LogP contribution < -0.4 is 4.74 Å². The molecule has 1 unspecified atom stereocenters. The minimum Gasteiger partial charge on any atom is -0.496 e. The second kappa shape index (κ2) is 5.18. The summed E-state index contributed by atoms with van der Waals surface area (Å²) in [6.07, 6.45) is 0. The van der Waals surface area contributed by atoms with Gasteiger partial charge in [-0.2, -0.15) is 5.26 Å². The van der Waals surface area contributed by atoms with Gasteiger partial charge >= 0.3 is 0 Å². The van der Waals surface area contributed by atoms with E-state index in [4.69, 9.17) is 10.00 Å². The summed E-state index contributed by atoms with van der Waals surface area (Å²) in [4.78, 5) is -0.249. The molecule has 0 aromatic heterocycles. The Kier molecular flexibility index (Phi) is 4.16. The van der Waals surface area contributed by atoms with Crippen molar-refractivity contribution in [2.75, 3.05) is 7.11 Å². The van der Waals surface area contributed by atoms with Crippen LogP contribution in [0.1, 0.15) is 35.7 Å². The van der Waals surface area contributed by atoms with Gasteiger partial charge in [-0.1, -0.05) is 35.8 Å². The van der Waals surface area contributed by atoms with Gasteiger partial charge in [0.2, 0.25) is 0 Å². The molecule has 1 aromatic rings. The van der Waals surface area contributed by atoms with Crippen LogP contribution in [-0.4, -0.2) is 7.11 Å². The van der Waals surface area contributed by atoms with Crippen LogP contribution in [0.2, 0.25) is 0 Å². The lowest BCUT2D eigenvalue weighted by molar-refractivity contribution is 0.407. The Hall–Kier alpha value is -1.01. The van der Waals surface area contributed by atoms with Crippen molar-refractivity contribution < 1.29 is 4.74 Å². The molecule has 2 nitrogen and oxygen atoms in total. The summed E-state index contributed by atoms with van der Waals surface area (Å²) in [5.41, 5.74) is 2.11. The first-order valence-corrected chi connectivity index (χ1v) is 5.73. The molecule has 0 aliphatic rings. The molecule has 0 fully saturated rings. The molecule has 15 heavy (non-hydrogen) atoms. The third-order valence-corrected chi connectivity index (χ3v) is 3.02. The Labute approximate surface area is 99.0 Å². The van der Waals surface area contributed by atoms with E-state index in [1.165, 1.54) is 0 Å². The number of benzene rings is 1. The highest BCUT2D eigenvalue weighted by Gasteiger charge is 2.12. The summed E-state index contributed by atoms with van der Waals surface area (Å²) >= 11 is 3.31. The highest BCUT2D eigenvalue weighted by molar-refractivity contribution is 9.09. The number of halogens is 1. The number of hydrogen-bond donors (Lipinski definition) is 0. The molecule has 1 rings (SSSR count). The number of methoxy groups -OCH3 is 1. The first-order valence-electron chi connectivity index (χ1n) is 4.81. The average molecular weight is 268 g/mol. The molecule has 0 heterocycles. The molecule has 0 amide bonds. The maximum Gasteiger partial charge on any atom is 0.126 e. The van der Waals surface area contributed by atoms with E-state index < -0.39 is 0 Å². The van der Waals surface area contributed by atoms with Crippen LogP contribution >= 0.6 is 15.9 Å². The third kappa shape index (κ3) is 2.73. The first kappa shape index (κ1) is 12.1. The van der Waals surface area contributed by atoms with Crippen molar-refractivity contribution in [3.8, 4) is 11.8 Å².